The van der Waals surface area contributed by atoms with Crippen molar-refractivity contribution in [1.29, 1.82) is 0 Å². The molecule has 0 fully saturated rings. The van der Waals surface area contributed by atoms with Crippen molar-refractivity contribution in [1.82, 2.24) is 10.2 Å². The molecule has 5 nitrogen and oxygen atoms in total. The summed E-state index contributed by atoms with van der Waals surface area (Å²) in [5.74, 6) is 0.657. The summed E-state index contributed by atoms with van der Waals surface area (Å²) in [5.41, 5.74) is 4.00. The van der Waals surface area contributed by atoms with Crippen molar-refractivity contribution < 1.29 is 9.53 Å². The molecule has 0 saturated heterocycles. The summed E-state index contributed by atoms with van der Waals surface area (Å²) >= 11 is 1.68. The Balaban J connectivity index is 1.95. The Hall–Kier alpha value is -2.73. The van der Waals surface area contributed by atoms with Crippen molar-refractivity contribution in [2.75, 3.05) is 18.3 Å². The summed E-state index contributed by atoms with van der Waals surface area (Å²) in [4.78, 5) is 16.5. The third kappa shape index (κ3) is 3.21. The van der Waals surface area contributed by atoms with E-state index in [1.165, 1.54) is 0 Å². The molecule has 1 aliphatic rings. The second kappa shape index (κ2) is 7.26. The van der Waals surface area contributed by atoms with Crippen molar-refractivity contribution in [3.63, 3.8) is 0 Å². The zero-order valence-electron chi connectivity index (χ0n) is 17.3. The number of carbonyl (C=O) groups excluding carboxylic acids is 1. The Morgan fingerprint density at radius 3 is 2.41 bits per heavy atom. The number of H-pyrrole nitrogens is 1. The Morgan fingerprint density at radius 2 is 1.79 bits per heavy atom. The Bertz CT molecular complexity index is 1050. The van der Waals surface area contributed by atoms with Gasteiger partial charge in [0.05, 0.1) is 13.2 Å². The van der Waals surface area contributed by atoms with E-state index in [-0.39, 0.29) is 17.4 Å². The van der Waals surface area contributed by atoms with Crippen LogP contribution in [-0.4, -0.2) is 29.5 Å². The van der Waals surface area contributed by atoms with Gasteiger partial charge in [-0.25, -0.2) is 0 Å². The number of anilines is 1. The van der Waals surface area contributed by atoms with Crippen LogP contribution in [-0.2, 0) is 5.41 Å². The number of carbonyl (C=O) groups is 1. The lowest BCUT2D eigenvalue weighted by Crippen LogP contribution is -2.30. The zero-order valence-corrected chi connectivity index (χ0v) is 18.1. The minimum Gasteiger partial charge on any atom is -0.496 e. The average Bonchev–Trinajstić information content (AvgIpc) is 3.27. The number of thioether (sulfide) groups is 1. The van der Waals surface area contributed by atoms with Crippen molar-refractivity contribution in [2.24, 2.45) is 0 Å². The molecular weight excluding hydrogens is 382 g/mol. The van der Waals surface area contributed by atoms with Gasteiger partial charge in [-0.15, -0.1) is 11.8 Å². The number of hydrogen-bond donors (Lipinski definition) is 1. The van der Waals surface area contributed by atoms with E-state index in [1.54, 1.807) is 18.9 Å². The van der Waals surface area contributed by atoms with Crippen LogP contribution in [0, 0.1) is 0 Å². The Labute approximate surface area is 175 Å². The minimum atomic E-state index is -0.304. The lowest BCUT2D eigenvalue weighted by Gasteiger charge is -2.29. The standard InChI is InChI=1S/C23H25N3O2S/c1-23(2,3)21-18-19(24-25-21)22(27)26(14-10-12-15(29-5)13-11-14)20(18)16-8-6-7-9-17(16)28-4/h6-13,20H,1-5H3,(H,24,25)/t20-/m0/s1. The lowest BCUT2D eigenvalue weighted by molar-refractivity contribution is 0.0988. The van der Waals surface area contributed by atoms with Crippen LogP contribution in [0.15, 0.2) is 53.4 Å². The molecule has 1 N–H and O–H groups in total. The van der Waals surface area contributed by atoms with Gasteiger partial charge in [0.15, 0.2) is 5.69 Å². The van der Waals surface area contributed by atoms with Crippen molar-refractivity contribution >= 4 is 23.4 Å². The normalized spacial score (nSPS) is 16.2. The first-order chi connectivity index (χ1) is 13.9. The van der Waals surface area contributed by atoms with Gasteiger partial charge in [-0.3, -0.25) is 14.8 Å². The third-order valence-electron chi connectivity index (χ3n) is 5.29. The molecular formula is C23H25N3O2S. The molecule has 0 unspecified atom stereocenters. The van der Waals surface area contributed by atoms with E-state index in [0.717, 1.165) is 33.2 Å². The molecule has 0 saturated carbocycles. The predicted octanol–water partition coefficient (Wildman–Crippen LogP) is 5.19. The van der Waals surface area contributed by atoms with Gasteiger partial charge in [0.2, 0.25) is 0 Å². The molecule has 1 amide bonds. The number of aromatic amines is 1. The molecule has 3 aromatic rings. The largest absolute Gasteiger partial charge is 0.496 e. The number of fused-ring (bicyclic) bond motifs is 1. The first-order valence-electron chi connectivity index (χ1n) is 9.56. The number of aromatic nitrogens is 2. The maximum atomic E-state index is 13.5. The lowest BCUT2D eigenvalue weighted by atomic mass is 9.85. The molecule has 0 bridgehead atoms. The number of rotatable bonds is 4. The van der Waals surface area contributed by atoms with Crippen LogP contribution in [0.4, 0.5) is 5.69 Å². The summed E-state index contributed by atoms with van der Waals surface area (Å²) < 4.78 is 5.66. The van der Waals surface area contributed by atoms with Crippen LogP contribution >= 0.6 is 11.8 Å². The number of nitrogens with one attached hydrogen (secondary N) is 1. The summed E-state index contributed by atoms with van der Waals surface area (Å²) in [6.45, 7) is 6.38. The van der Waals surface area contributed by atoms with Crippen molar-refractivity contribution in [3.8, 4) is 5.75 Å². The summed E-state index contributed by atoms with van der Waals surface area (Å²) in [6, 6.07) is 15.7. The smallest absolute Gasteiger partial charge is 0.280 e. The maximum absolute atomic E-state index is 13.5. The summed E-state index contributed by atoms with van der Waals surface area (Å²) in [5, 5.41) is 7.56. The van der Waals surface area contributed by atoms with E-state index in [4.69, 9.17) is 4.74 Å². The molecule has 0 radical (unpaired) electrons. The zero-order chi connectivity index (χ0) is 20.8. The molecule has 1 atom stereocenters. The number of nitrogens with zero attached hydrogens (tertiary/aromatic N) is 2. The van der Waals surface area contributed by atoms with E-state index in [0.29, 0.717) is 5.69 Å². The number of benzene rings is 2. The second-order valence-corrected chi connectivity index (χ2v) is 9.01. The van der Waals surface area contributed by atoms with Gasteiger partial charge in [-0.05, 0) is 36.6 Å². The molecule has 29 heavy (non-hydrogen) atoms. The first kappa shape index (κ1) is 19.6. The van der Waals surface area contributed by atoms with Gasteiger partial charge in [0.1, 0.15) is 5.75 Å². The van der Waals surface area contributed by atoms with Gasteiger partial charge in [0, 0.05) is 32.8 Å². The van der Waals surface area contributed by atoms with Gasteiger partial charge >= 0.3 is 0 Å². The molecule has 2 aromatic carbocycles. The van der Waals surface area contributed by atoms with Gasteiger partial charge in [0.25, 0.3) is 5.91 Å². The van der Waals surface area contributed by atoms with Crippen LogP contribution < -0.4 is 9.64 Å². The van der Waals surface area contributed by atoms with E-state index in [2.05, 4.69) is 31.0 Å². The van der Waals surface area contributed by atoms with E-state index in [9.17, 15) is 4.79 Å². The molecule has 150 valence electrons. The van der Waals surface area contributed by atoms with E-state index in [1.807, 2.05) is 59.7 Å². The van der Waals surface area contributed by atoms with E-state index >= 15 is 0 Å². The number of methoxy groups -OCH3 is 1. The topological polar surface area (TPSA) is 58.2 Å². The molecule has 0 spiro atoms. The van der Waals surface area contributed by atoms with Gasteiger partial charge < -0.3 is 4.74 Å². The number of ether oxygens (including phenoxy) is 1. The van der Waals surface area contributed by atoms with Crippen LogP contribution in [0.1, 0.15) is 54.1 Å². The van der Waals surface area contributed by atoms with Crippen LogP contribution in [0.5, 0.6) is 5.75 Å². The summed E-state index contributed by atoms with van der Waals surface area (Å²) in [7, 11) is 1.66. The molecule has 1 aliphatic heterocycles. The molecule has 4 rings (SSSR count). The van der Waals surface area contributed by atoms with Crippen LogP contribution in [0.3, 0.4) is 0 Å². The highest BCUT2D eigenvalue weighted by atomic mass is 32.2. The van der Waals surface area contributed by atoms with Crippen LogP contribution in [0.25, 0.3) is 0 Å². The maximum Gasteiger partial charge on any atom is 0.280 e. The molecule has 1 aromatic heterocycles. The average molecular weight is 408 g/mol. The highest BCUT2D eigenvalue weighted by Crippen LogP contribution is 2.47. The molecule has 2 heterocycles. The van der Waals surface area contributed by atoms with Crippen LogP contribution in [0.2, 0.25) is 0 Å². The van der Waals surface area contributed by atoms with Gasteiger partial charge in [-0.1, -0.05) is 39.0 Å². The second-order valence-electron chi connectivity index (χ2n) is 8.13. The quantitative estimate of drug-likeness (QED) is 0.605. The first-order valence-corrected chi connectivity index (χ1v) is 10.8. The SMILES string of the molecule is COc1ccccc1[C@H]1c2c(n[nH]c2C(C)(C)C)C(=O)N1c1ccc(SC)cc1. The van der Waals surface area contributed by atoms with Crippen molar-refractivity contribution in [3.05, 3.63) is 71.0 Å². The Morgan fingerprint density at radius 1 is 1.10 bits per heavy atom. The number of para-hydroxylation sites is 1. The predicted molar refractivity (Wildman–Crippen MR) is 117 cm³/mol. The molecule has 0 aliphatic carbocycles. The highest BCUT2D eigenvalue weighted by molar-refractivity contribution is 7.98. The fraction of sp³-hybridized carbons (Fsp3) is 0.304. The Kier molecular flexibility index (Phi) is 4.90. The third-order valence-corrected chi connectivity index (χ3v) is 6.03. The summed E-state index contributed by atoms with van der Waals surface area (Å²) in [6.07, 6.45) is 2.04. The monoisotopic (exact) mass is 407 g/mol. The minimum absolute atomic E-state index is 0.0976. The van der Waals surface area contributed by atoms with Gasteiger partial charge in [-0.2, -0.15) is 5.10 Å². The molecule has 6 heteroatoms. The highest BCUT2D eigenvalue weighted by Gasteiger charge is 2.45. The number of amides is 1. The fourth-order valence-electron chi connectivity index (χ4n) is 3.91. The number of hydrogen-bond acceptors (Lipinski definition) is 4. The van der Waals surface area contributed by atoms with Crippen molar-refractivity contribution in [2.45, 2.75) is 37.1 Å². The van der Waals surface area contributed by atoms with E-state index < -0.39 is 0 Å². The fourth-order valence-corrected chi connectivity index (χ4v) is 4.32.